The van der Waals surface area contributed by atoms with Gasteiger partial charge in [-0.15, -0.1) is 0 Å². The van der Waals surface area contributed by atoms with Crippen LogP contribution >= 0.6 is 0 Å². The normalized spacial score (nSPS) is 17.2. The van der Waals surface area contributed by atoms with Gasteiger partial charge in [0, 0.05) is 17.7 Å². The Labute approximate surface area is 100 Å². The van der Waals surface area contributed by atoms with E-state index in [1.54, 1.807) is 0 Å². The number of amides is 1. The fraction of sp³-hybridized carbons (Fsp3) is 0.462. The first-order valence-corrected chi connectivity index (χ1v) is 5.90. The molecule has 4 nitrogen and oxygen atoms in total. The minimum Gasteiger partial charge on any atom is -0.508 e. The molecule has 0 heterocycles. The molecule has 1 fully saturated rings. The molecule has 1 atom stereocenters. The van der Waals surface area contributed by atoms with E-state index in [2.05, 4.69) is 5.32 Å². The van der Waals surface area contributed by atoms with E-state index in [0.29, 0.717) is 5.92 Å². The Morgan fingerprint density at radius 3 is 2.35 bits per heavy atom. The molecule has 4 heteroatoms. The fourth-order valence-electron chi connectivity index (χ4n) is 2.07. The average Bonchev–Trinajstić information content (AvgIpc) is 2.12. The predicted molar refractivity (Wildman–Crippen MR) is 64.0 cm³/mol. The molecule has 1 amide bonds. The summed E-state index contributed by atoms with van der Waals surface area (Å²) in [4.78, 5) is 11.9. The first-order chi connectivity index (χ1) is 8.06. The van der Waals surface area contributed by atoms with E-state index in [1.165, 1.54) is 24.6 Å². The largest absolute Gasteiger partial charge is 0.508 e. The van der Waals surface area contributed by atoms with E-state index < -0.39 is 0 Å². The van der Waals surface area contributed by atoms with Gasteiger partial charge in [-0.05, 0) is 37.8 Å². The predicted octanol–water partition coefficient (Wildman–Crippen LogP) is 2.02. The fourth-order valence-corrected chi connectivity index (χ4v) is 2.07. The van der Waals surface area contributed by atoms with Gasteiger partial charge in [0.2, 0.25) is 0 Å². The Balaban J connectivity index is 2.03. The Hall–Kier alpha value is -1.71. The molecule has 92 valence electrons. The van der Waals surface area contributed by atoms with Crippen LogP contribution in [0, 0.1) is 5.92 Å². The zero-order valence-electron chi connectivity index (χ0n) is 9.81. The summed E-state index contributed by atoms with van der Waals surface area (Å²) in [5.74, 6) is 0.0957. The van der Waals surface area contributed by atoms with E-state index in [9.17, 15) is 15.0 Å². The van der Waals surface area contributed by atoms with Crippen LogP contribution in [0.4, 0.5) is 0 Å². The summed E-state index contributed by atoms with van der Waals surface area (Å²) in [5.41, 5.74) is 0.286. The maximum atomic E-state index is 11.9. The SMILES string of the molecule is C[C@H](NC(=O)c1cc(O)cc(O)c1)C1CCC1. The molecule has 0 saturated heterocycles. The second kappa shape index (κ2) is 4.65. The Kier molecular flexibility index (Phi) is 3.22. The third-order valence-corrected chi connectivity index (χ3v) is 3.38. The molecule has 1 aromatic carbocycles. The first-order valence-electron chi connectivity index (χ1n) is 5.90. The van der Waals surface area contributed by atoms with Crippen molar-refractivity contribution in [2.75, 3.05) is 0 Å². The van der Waals surface area contributed by atoms with Crippen molar-refractivity contribution in [1.82, 2.24) is 5.32 Å². The van der Waals surface area contributed by atoms with Crippen LogP contribution in [-0.4, -0.2) is 22.2 Å². The van der Waals surface area contributed by atoms with E-state index >= 15 is 0 Å². The lowest BCUT2D eigenvalue weighted by molar-refractivity contribution is 0.0908. The topological polar surface area (TPSA) is 69.6 Å². The molecular formula is C13H17NO3. The number of benzene rings is 1. The highest BCUT2D eigenvalue weighted by atomic mass is 16.3. The second-order valence-electron chi connectivity index (χ2n) is 4.69. The smallest absolute Gasteiger partial charge is 0.251 e. The number of phenols is 2. The lowest BCUT2D eigenvalue weighted by Crippen LogP contribution is -2.40. The third kappa shape index (κ3) is 2.70. The molecule has 17 heavy (non-hydrogen) atoms. The van der Waals surface area contributed by atoms with Crippen LogP contribution < -0.4 is 5.32 Å². The zero-order valence-corrected chi connectivity index (χ0v) is 9.81. The van der Waals surface area contributed by atoms with Gasteiger partial charge in [-0.3, -0.25) is 4.79 Å². The highest BCUT2D eigenvalue weighted by molar-refractivity contribution is 5.95. The minimum atomic E-state index is -0.254. The summed E-state index contributed by atoms with van der Waals surface area (Å²) in [5, 5.41) is 21.5. The van der Waals surface area contributed by atoms with Gasteiger partial charge in [-0.2, -0.15) is 0 Å². The first kappa shape index (κ1) is 11.8. The molecule has 0 unspecified atom stereocenters. The zero-order chi connectivity index (χ0) is 12.4. The number of aromatic hydroxyl groups is 2. The summed E-state index contributed by atoms with van der Waals surface area (Å²) in [7, 11) is 0. The number of carbonyl (C=O) groups is 1. The summed E-state index contributed by atoms with van der Waals surface area (Å²) in [6.45, 7) is 1.99. The Morgan fingerprint density at radius 2 is 1.88 bits per heavy atom. The van der Waals surface area contributed by atoms with Gasteiger partial charge in [0.1, 0.15) is 11.5 Å². The number of nitrogens with one attached hydrogen (secondary N) is 1. The maximum Gasteiger partial charge on any atom is 0.251 e. The van der Waals surface area contributed by atoms with E-state index in [-0.39, 0.29) is 29.0 Å². The highest BCUT2D eigenvalue weighted by Crippen LogP contribution is 2.29. The standard InChI is InChI=1S/C13H17NO3/c1-8(9-3-2-4-9)14-13(17)10-5-11(15)7-12(16)6-10/h5-9,15-16H,2-4H2,1H3,(H,14,17)/t8-/m0/s1. The quantitative estimate of drug-likeness (QED) is 0.750. The third-order valence-electron chi connectivity index (χ3n) is 3.38. The summed E-state index contributed by atoms with van der Waals surface area (Å²) >= 11 is 0. The number of hydrogen-bond acceptors (Lipinski definition) is 3. The van der Waals surface area contributed by atoms with Crippen molar-refractivity contribution in [1.29, 1.82) is 0 Å². The van der Waals surface area contributed by atoms with Crippen LogP contribution in [0.25, 0.3) is 0 Å². The van der Waals surface area contributed by atoms with Crippen molar-refractivity contribution in [2.45, 2.75) is 32.2 Å². The van der Waals surface area contributed by atoms with Crippen LogP contribution in [0.1, 0.15) is 36.5 Å². The summed E-state index contributed by atoms with van der Waals surface area (Å²) < 4.78 is 0. The molecule has 2 rings (SSSR count). The number of hydrogen-bond donors (Lipinski definition) is 3. The monoisotopic (exact) mass is 235 g/mol. The molecule has 0 bridgehead atoms. The number of carbonyl (C=O) groups excluding carboxylic acids is 1. The maximum absolute atomic E-state index is 11.9. The minimum absolute atomic E-state index is 0.105. The molecule has 1 aliphatic rings. The van der Waals surface area contributed by atoms with E-state index in [1.807, 2.05) is 6.92 Å². The van der Waals surface area contributed by atoms with Crippen molar-refractivity contribution in [3.05, 3.63) is 23.8 Å². The van der Waals surface area contributed by atoms with Crippen LogP contribution in [-0.2, 0) is 0 Å². The van der Waals surface area contributed by atoms with E-state index in [4.69, 9.17) is 0 Å². The molecule has 0 aliphatic heterocycles. The van der Waals surface area contributed by atoms with Crippen molar-refractivity contribution < 1.29 is 15.0 Å². The van der Waals surface area contributed by atoms with Crippen molar-refractivity contribution in [3.8, 4) is 11.5 Å². The average molecular weight is 235 g/mol. The number of rotatable bonds is 3. The second-order valence-corrected chi connectivity index (χ2v) is 4.69. The van der Waals surface area contributed by atoms with Gasteiger partial charge in [0.05, 0.1) is 0 Å². The summed E-state index contributed by atoms with van der Waals surface area (Å²) in [6, 6.07) is 4.04. The van der Waals surface area contributed by atoms with Gasteiger partial charge < -0.3 is 15.5 Å². The van der Waals surface area contributed by atoms with Crippen LogP contribution in [0.2, 0.25) is 0 Å². The Morgan fingerprint density at radius 1 is 1.29 bits per heavy atom. The van der Waals surface area contributed by atoms with Crippen molar-refractivity contribution in [2.24, 2.45) is 5.92 Å². The van der Waals surface area contributed by atoms with Crippen molar-refractivity contribution >= 4 is 5.91 Å². The number of phenolic OH excluding ortho intramolecular Hbond substituents is 2. The van der Waals surface area contributed by atoms with Gasteiger partial charge >= 0.3 is 0 Å². The van der Waals surface area contributed by atoms with Gasteiger partial charge in [-0.25, -0.2) is 0 Å². The molecule has 1 saturated carbocycles. The molecule has 3 N–H and O–H groups in total. The van der Waals surface area contributed by atoms with Gasteiger partial charge in [-0.1, -0.05) is 6.42 Å². The molecule has 1 aromatic rings. The van der Waals surface area contributed by atoms with Gasteiger partial charge in [0.15, 0.2) is 0 Å². The molecular weight excluding hydrogens is 218 g/mol. The van der Waals surface area contributed by atoms with Crippen molar-refractivity contribution in [3.63, 3.8) is 0 Å². The lowest BCUT2D eigenvalue weighted by Gasteiger charge is -2.31. The summed E-state index contributed by atoms with van der Waals surface area (Å²) in [6.07, 6.45) is 3.55. The molecule has 0 radical (unpaired) electrons. The van der Waals surface area contributed by atoms with Gasteiger partial charge in [0.25, 0.3) is 5.91 Å². The molecule has 0 aromatic heterocycles. The lowest BCUT2D eigenvalue weighted by atomic mass is 9.80. The van der Waals surface area contributed by atoms with Crippen LogP contribution in [0.15, 0.2) is 18.2 Å². The van der Waals surface area contributed by atoms with E-state index in [0.717, 1.165) is 12.8 Å². The Bertz CT molecular complexity index is 406. The highest BCUT2D eigenvalue weighted by Gasteiger charge is 2.25. The van der Waals surface area contributed by atoms with Crippen LogP contribution in [0.5, 0.6) is 11.5 Å². The molecule has 1 aliphatic carbocycles. The molecule has 0 spiro atoms. The van der Waals surface area contributed by atoms with Crippen LogP contribution in [0.3, 0.4) is 0 Å².